The number of H-pyrrole nitrogens is 1. The molecule has 2 aliphatic heterocycles. The van der Waals surface area contributed by atoms with Gasteiger partial charge in [0.2, 0.25) is 0 Å². The lowest BCUT2D eigenvalue weighted by Crippen LogP contribution is -2.47. The van der Waals surface area contributed by atoms with Gasteiger partial charge in [0.05, 0.1) is 24.5 Å². The number of nitrogens with zero attached hydrogens (tertiary/aromatic N) is 4. The van der Waals surface area contributed by atoms with Gasteiger partial charge in [-0.1, -0.05) is 6.08 Å². The van der Waals surface area contributed by atoms with Crippen LogP contribution in [-0.4, -0.2) is 62.5 Å². The lowest BCUT2D eigenvalue weighted by molar-refractivity contribution is 0.0156. The third-order valence-corrected chi connectivity index (χ3v) is 6.56. The van der Waals surface area contributed by atoms with E-state index in [1.807, 2.05) is 26.8 Å². The lowest BCUT2D eigenvalue weighted by atomic mass is 9.74. The predicted octanol–water partition coefficient (Wildman–Crippen LogP) is 2.90. The van der Waals surface area contributed by atoms with Crippen LogP contribution in [0.2, 0.25) is 0 Å². The molecule has 2 aromatic heterocycles. The van der Waals surface area contributed by atoms with Crippen molar-refractivity contribution in [2.24, 2.45) is 0 Å². The van der Waals surface area contributed by atoms with Crippen molar-refractivity contribution in [1.29, 1.82) is 0 Å². The van der Waals surface area contributed by atoms with Gasteiger partial charge in [-0.2, -0.15) is 9.50 Å². The van der Waals surface area contributed by atoms with Crippen LogP contribution in [0.4, 0.5) is 9.18 Å². The molecule has 5 rings (SSSR count). The average Bonchev–Trinajstić information content (AvgIpc) is 3.28. The van der Waals surface area contributed by atoms with E-state index in [4.69, 9.17) is 9.47 Å². The van der Waals surface area contributed by atoms with E-state index in [1.165, 1.54) is 4.52 Å². The van der Waals surface area contributed by atoms with Crippen molar-refractivity contribution in [3.05, 3.63) is 33.5 Å². The Labute approximate surface area is 184 Å². The Bertz CT molecular complexity index is 1150. The van der Waals surface area contributed by atoms with Gasteiger partial charge < -0.3 is 14.4 Å². The number of carbonyl (C=O) groups excluding carboxylic acids is 1. The summed E-state index contributed by atoms with van der Waals surface area (Å²) in [4.78, 5) is 36.5. The second kappa shape index (κ2) is 7.40. The van der Waals surface area contributed by atoms with Gasteiger partial charge in [0.15, 0.2) is 5.82 Å². The van der Waals surface area contributed by atoms with Gasteiger partial charge in [0, 0.05) is 18.5 Å². The number of nitrogens with one attached hydrogen (secondary N) is 1. The maximum atomic E-state index is 15.1. The number of hydrogen-bond donors (Lipinski definition) is 1. The number of fused-ring (bicyclic) bond motifs is 3. The van der Waals surface area contributed by atoms with Crippen molar-refractivity contribution in [2.75, 3.05) is 26.3 Å². The van der Waals surface area contributed by atoms with Crippen LogP contribution >= 0.6 is 0 Å². The summed E-state index contributed by atoms with van der Waals surface area (Å²) in [5.41, 5.74) is 0.0489. The molecule has 0 saturated carbocycles. The van der Waals surface area contributed by atoms with Gasteiger partial charge in [-0.15, -0.1) is 0 Å². The van der Waals surface area contributed by atoms with Crippen LogP contribution in [0.5, 0.6) is 0 Å². The highest BCUT2D eigenvalue weighted by Gasteiger charge is 2.50. The van der Waals surface area contributed by atoms with Crippen LogP contribution in [0.25, 0.3) is 11.4 Å². The number of hydrogen-bond acceptors (Lipinski definition) is 6. The largest absolute Gasteiger partial charge is 0.444 e. The number of aromatic nitrogens is 4. The molecule has 10 heteroatoms. The van der Waals surface area contributed by atoms with Crippen molar-refractivity contribution < 1.29 is 18.7 Å². The Hall–Kier alpha value is -2.75. The highest BCUT2D eigenvalue weighted by atomic mass is 19.1. The summed E-state index contributed by atoms with van der Waals surface area (Å²) in [6, 6.07) is 0. The normalized spacial score (nSPS) is 22.8. The molecule has 172 valence electrons. The van der Waals surface area contributed by atoms with E-state index in [2.05, 4.69) is 15.1 Å². The fourth-order valence-electron chi connectivity index (χ4n) is 4.98. The average molecular weight is 445 g/mol. The van der Waals surface area contributed by atoms with E-state index in [-0.39, 0.29) is 29.5 Å². The zero-order valence-electron chi connectivity index (χ0n) is 18.6. The van der Waals surface area contributed by atoms with Gasteiger partial charge in [0.1, 0.15) is 11.8 Å². The van der Waals surface area contributed by atoms with Crippen LogP contribution < -0.4 is 5.56 Å². The SMILES string of the molecule is CC(C)(C)OC(=O)N1CCC2(CC1)CC(F)c1nc3nc(C4=CCOCC4)[nH]n3c(=O)c12. The smallest absolute Gasteiger partial charge is 0.410 e. The summed E-state index contributed by atoms with van der Waals surface area (Å²) >= 11 is 0. The second-order valence-corrected chi connectivity index (χ2v) is 9.86. The van der Waals surface area contributed by atoms with Crippen LogP contribution in [0.15, 0.2) is 10.9 Å². The molecule has 3 aliphatic rings. The van der Waals surface area contributed by atoms with Crippen molar-refractivity contribution in [3.63, 3.8) is 0 Å². The zero-order chi connectivity index (χ0) is 22.7. The number of rotatable bonds is 1. The van der Waals surface area contributed by atoms with Crippen molar-refractivity contribution in [2.45, 2.75) is 63.6 Å². The molecule has 1 amide bonds. The van der Waals surface area contributed by atoms with Gasteiger partial charge in [0.25, 0.3) is 11.3 Å². The summed E-state index contributed by atoms with van der Waals surface area (Å²) in [6.45, 7) is 7.37. The number of ether oxygens (including phenoxy) is 2. The number of aromatic amines is 1. The second-order valence-electron chi connectivity index (χ2n) is 9.86. The fourth-order valence-corrected chi connectivity index (χ4v) is 4.98. The highest BCUT2D eigenvalue weighted by molar-refractivity contribution is 5.68. The number of alkyl halides is 1. The third-order valence-electron chi connectivity index (χ3n) is 6.56. The lowest BCUT2D eigenvalue weighted by Gasteiger charge is -2.39. The maximum absolute atomic E-state index is 15.1. The minimum atomic E-state index is -1.32. The molecular weight excluding hydrogens is 417 g/mol. The summed E-state index contributed by atoms with van der Waals surface area (Å²) in [5, 5.41) is 3.05. The fraction of sp³-hybridized carbons (Fsp3) is 0.636. The van der Waals surface area contributed by atoms with Gasteiger partial charge >= 0.3 is 6.09 Å². The van der Waals surface area contributed by atoms with Crippen LogP contribution in [-0.2, 0) is 14.9 Å². The topological polar surface area (TPSA) is 102 Å². The molecule has 32 heavy (non-hydrogen) atoms. The number of halogens is 1. The van der Waals surface area contributed by atoms with E-state index in [1.54, 1.807) is 4.90 Å². The first kappa shape index (κ1) is 21.1. The van der Waals surface area contributed by atoms with Crippen LogP contribution in [0, 0.1) is 0 Å². The van der Waals surface area contributed by atoms with Crippen molar-refractivity contribution in [1.82, 2.24) is 24.5 Å². The molecule has 2 aromatic rings. The first-order valence-electron chi connectivity index (χ1n) is 11.1. The Morgan fingerprint density at radius 1 is 1.31 bits per heavy atom. The zero-order valence-corrected chi connectivity index (χ0v) is 18.6. The third kappa shape index (κ3) is 3.50. The monoisotopic (exact) mass is 445 g/mol. The molecule has 4 heterocycles. The van der Waals surface area contributed by atoms with E-state index in [9.17, 15) is 9.59 Å². The van der Waals surface area contributed by atoms with Gasteiger partial charge in [-0.25, -0.2) is 14.2 Å². The van der Waals surface area contributed by atoms with Gasteiger partial charge in [-0.3, -0.25) is 9.89 Å². The quantitative estimate of drug-likeness (QED) is 0.724. The molecule has 1 fully saturated rings. The van der Waals surface area contributed by atoms with E-state index in [0.717, 1.165) is 5.57 Å². The molecule has 0 bridgehead atoms. The first-order chi connectivity index (χ1) is 15.2. The van der Waals surface area contributed by atoms with E-state index in [0.29, 0.717) is 57.0 Å². The van der Waals surface area contributed by atoms with Crippen LogP contribution in [0.3, 0.4) is 0 Å². The summed E-state index contributed by atoms with van der Waals surface area (Å²) in [5.74, 6) is 0.743. The minimum absolute atomic E-state index is 0.182. The predicted molar refractivity (Wildman–Crippen MR) is 114 cm³/mol. The standard InChI is InChI=1S/C22H28FN5O4/c1-21(2,3)32-20(30)27-8-6-22(7-9-27)12-14(23)16-15(22)18(29)28-19(24-16)25-17(26-28)13-4-10-31-11-5-13/h4,14H,5-12H2,1-3H3,(H,24,25,26). The molecule has 1 spiro atoms. The Morgan fingerprint density at radius 2 is 2.06 bits per heavy atom. The van der Waals surface area contributed by atoms with Crippen molar-refractivity contribution in [3.8, 4) is 0 Å². The Kier molecular flexibility index (Phi) is 4.88. The minimum Gasteiger partial charge on any atom is -0.444 e. The molecule has 1 unspecified atom stereocenters. The molecule has 0 aromatic carbocycles. The Balaban J connectivity index is 1.47. The summed E-state index contributed by atoms with van der Waals surface area (Å²) in [7, 11) is 0. The molecule has 1 saturated heterocycles. The number of piperidine rings is 1. The van der Waals surface area contributed by atoms with E-state index >= 15 is 4.39 Å². The van der Waals surface area contributed by atoms with Gasteiger partial charge in [-0.05, 0) is 52.0 Å². The molecule has 9 nitrogen and oxygen atoms in total. The first-order valence-corrected chi connectivity index (χ1v) is 11.1. The molecule has 1 aliphatic carbocycles. The molecule has 1 N–H and O–H groups in total. The van der Waals surface area contributed by atoms with E-state index < -0.39 is 17.2 Å². The maximum Gasteiger partial charge on any atom is 0.410 e. The highest BCUT2D eigenvalue weighted by Crippen LogP contribution is 2.50. The molecule has 0 radical (unpaired) electrons. The van der Waals surface area contributed by atoms with Crippen molar-refractivity contribution >= 4 is 17.4 Å². The number of carbonyl (C=O) groups is 1. The number of likely N-dealkylation sites (tertiary alicyclic amines) is 1. The number of amides is 1. The molecular formula is C22H28FN5O4. The summed E-state index contributed by atoms with van der Waals surface area (Å²) < 4.78 is 27.2. The Morgan fingerprint density at radius 3 is 2.72 bits per heavy atom. The summed E-state index contributed by atoms with van der Waals surface area (Å²) in [6.07, 6.45) is 2.10. The van der Waals surface area contributed by atoms with Crippen LogP contribution in [0.1, 0.15) is 69.7 Å². The molecule has 1 atom stereocenters.